The highest BCUT2D eigenvalue weighted by atomic mass is 15.2. The summed E-state index contributed by atoms with van der Waals surface area (Å²) in [5.41, 5.74) is 4.61. The van der Waals surface area contributed by atoms with E-state index < -0.39 is 0 Å². The van der Waals surface area contributed by atoms with E-state index in [0.29, 0.717) is 0 Å². The summed E-state index contributed by atoms with van der Waals surface area (Å²) in [6.07, 6.45) is 3.97. The van der Waals surface area contributed by atoms with Gasteiger partial charge < -0.3 is 4.57 Å². The number of hydrogen-bond acceptors (Lipinski definition) is 2. The van der Waals surface area contributed by atoms with E-state index in [9.17, 15) is 0 Å². The summed E-state index contributed by atoms with van der Waals surface area (Å²) in [7, 11) is 0. The first-order valence-corrected chi connectivity index (χ1v) is 10.7. The zero-order chi connectivity index (χ0) is 21.1. The summed E-state index contributed by atoms with van der Waals surface area (Å²) in [6.45, 7) is 0. The van der Waals surface area contributed by atoms with Crippen molar-refractivity contribution >= 4 is 43.5 Å². The van der Waals surface area contributed by atoms with Gasteiger partial charge in [0.05, 0.1) is 22.7 Å². The molecule has 4 nitrogen and oxygen atoms in total. The van der Waals surface area contributed by atoms with Gasteiger partial charge in [-0.15, -0.1) is 5.10 Å². The Labute approximate surface area is 184 Å². The molecule has 7 aromatic rings. The standard InChI is InChI=1S/C28H18N4/c1-2-9-21(10-3-1)31-15-14-19-16-27-24(17-26(19)31)23-12-6-7-13-25(23)32(27)28-22-11-5-4-8-20(22)18-29-30-28/h1-18H. The first-order valence-electron chi connectivity index (χ1n) is 10.7. The van der Waals surface area contributed by atoms with Crippen molar-refractivity contribution in [1.29, 1.82) is 0 Å². The van der Waals surface area contributed by atoms with Crippen LogP contribution in [0.15, 0.2) is 109 Å². The lowest BCUT2D eigenvalue weighted by Crippen LogP contribution is -2.00. The van der Waals surface area contributed by atoms with Crippen LogP contribution in [-0.2, 0) is 0 Å². The predicted molar refractivity (Wildman–Crippen MR) is 131 cm³/mol. The summed E-state index contributed by atoms with van der Waals surface area (Å²) in [4.78, 5) is 0. The molecule has 0 bridgehead atoms. The first-order chi connectivity index (χ1) is 15.9. The second-order valence-corrected chi connectivity index (χ2v) is 8.06. The van der Waals surface area contributed by atoms with Crippen LogP contribution in [0.4, 0.5) is 0 Å². The van der Waals surface area contributed by atoms with Gasteiger partial charge in [-0.3, -0.25) is 4.57 Å². The number of benzene rings is 4. The van der Waals surface area contributed by atoms with Crippen molar-refractivity contribution in [2.24, 2.45) is 0 Å². The Hall–Kier alpha value is -4.44. The van der Waals surface area contributed by atoms with Crippen molar-refractivity contribution in [3.63, 3.8) is 0 Å². The monoisotopic (exact) mass is 410 g/mol. The molecular weight excluding hydrogens is 392 g/mol. The summed E-state index contributed by atoms with van der Waals surface area (Å²) in [5, 5.41) is 14.7. The quantitative estimate of drug-likeness (QED) is 0.319. The molecule has 0 saturated heterocycles. The minimum Gasteiger partial charge on any atom is -0.317 e. The van der Waals surface area contributed by atoms with E-state index in [1.54, 1.807) is 0 Å². The third-order valence-electron chi connectivity index (χ3n) is 6.28. The molecule has 0 saturated carbocycles. The predicted octanol–water partition coefficient (Wildman–Crippen LogP) is 6.67. The molecule has 3 heterocycles. The summed E-state index contributed by atoms with van der Waals surface area (Å²) in [5.74, 6) is 0.858. The number of hydrogen-bond donors (Lipinski definition) is 0. The smallest absolute Gasteiger partial charge is 0.168 e. The molecule has 4 heteroatoms. The largest absolute Gasteiger partial charge is 0.317 e. The SMILES string of the molecule is c1ccc(-n2ccc3cc4c(cc32)c2ccccc2n4-c2nncc3ccccc23)cc1. The minimum absolute atomic E-state index is 0.858. The lowest BCUT2D eigenvalue weighted by atomic mass is 10.1. The molecule has 0 aliphatic rings. The van der Waals surface area contributed by atoms with E-state index in [4.69, 9.17) is 0 Å². The van der Waals surface area contributed by atoms with Crippen LogP contribution in [0.25, 0.3) is 55.0 Å². The van der Waals surface area contributed by atoms with Crippen LogP contribution in [0.3, 0.4) is 0 Å². The summed E-state index contributed by atoms with van der Waals surface area (Å²) < 4.78 is 4.50. The summed E-state index contributed by atoms with van der Waals surface area (Å²) in [6, 6.07) is 34.0. The van der Waals surface area contributed by atoms with Crippen LogP contribution in [0.2, 0.25) is 0 Å². The van der Waals surface area contributed by atoms with E-state index in [0.717, 1.165) is 33.3 Å². The Morgan fingerprint density at radius 1 is 0.562 bits per heavy atom. The maximum absolute atomic E-state index is 4.59. The highest BCUT2D eigenvalue weighted by Crippen LogP contribution is 2.36. The van der Waals surface area contributed by atoms with E-state index in [1.165, 1.54) is 21.7 Å². The Balaban J connectivity index is 1.62. The summed E-state index contributed by atoms with van der Waals surface area (Å²) >= 11 is 0. The Morgan fingerprint density at radius 3 is 2.25 bits per heavy atom. The fourth-order valence-electron chi connectivity index (χ4n) is 4.82. The van der Waals surface area contributed by atoms with Crippen LogP contribution >= 0.6 is 0 Å². The van der Waals surface area contributed by atoms with Crippen LogP contribution in [-0.4, -0.2) is 19.3 Å². The molecule has 4 aromatic carbocycles. The first kappa shape index (κ1) is 17.3. The van der Waals surface area contributed by atoms with Crippen LogP contribution in [0.5, 0.6) is 0 Å². The van der Waals surface area contributed by atoms with E-state index in [2.05, 4.69) is 110 Å². The van der Waals surface area contributed by atoms with Gasteiger partial charge in [0.1, 0.15) is 0 Å². The molecular formula is C28H18N4. The van der Waals surface area contributed by atoms with Gasteiger partial charge in [-0.1, -0.05) is 60.7 Å². The molecule has 0 radical (unpaired) electrons. The van der Waals surface area contributed by atoms with Gasteiger partial charge >= 0.3 is 0 Å². The normalized spacial score (nSPS) is 11.8. The number of nitrogens with zero attached hydrogens (tertiary/aromatic N) is 4. The maximum Gasteiger partial charge on any atom is 0.168 e. The average molecular weight is 410 g/mol. The molecule has 0 aliphatic carbocycles. The third-order valence-corrected chi connectivity index (χ3v) is 6.28. The molecule has 0 spiro atoms. The molecule has 0 amide bonds. The molecule has 3 aromatic heterocycles. The van der Waals surface area contributed by atoms with Crippen LogP contribution in [0, 0.1) is 0 Å². The number of para-hydroxylation sites is 2. The van der Waals surface area contributed by atoms with Crippen molar-refractivity contribution in [3.05, 3.63) is 109 Å². The molecule has 7 rings (SSSR count). The fourth-order valence-corrected chi connectivity index (χ4v) is 4.82. The molecule has 32 heavy (non-hydrogen) atoms. The Bertz CT molecular complexity index is 1770. The average Bonchev–Trinajstić information content (AvgIpc) is 3.41. The van der Waals surface area contributed by atoms with Gasteiger partial charge in [0.25, 0.3) is 0 Å². The van der Waals surface area contributed by atoms with Crippen molar-refractivity contribution in [2.45, 2.75) is 0 Å². The topological polar surface area (TPSA) is 35.6 Å². The van der Waals surface area contributed by atoms with Gasteiger partial charge in [0, 0.05) is 38.8 Å². The van der Waals surface area contributed by atoms with Gasteiger partial charge in [0.2, 0.25) is 0 Å². The second-order valence-electron chi connectivity index (χ2n) is 8.06. The van der Waals surface area contributed by atoms with Crippen LogP contribution in [0.1, 0.15) is 0 Å². The maximum atomic E-state index is 4.59. The lowest BCUT2D eigenvalue weighted by Gasteiger charge is -2.09. The van der Waals surface area contributed by atoms with E-state index in [1.807, 2.05) is 18.3 Å². The highest BCUT2D eigenvalue weighted by molar-refractivity contribution is 6.14. The van der Waals surface area contributed by atoms with Crippen LogP contribution < -0.4 is 0 Å². The number of aromatic nitrogens is 4. The van der Waals surface area contributed by atoms with Crippen molar-refractivity contribution in [2.75, 3.05) is 0 Å². The molecule has 0 unspecified atom stereocenters. The van der Waals surface area contributed by atoms with Crippen molar-refractivity contribution in [3.8, 4) is 11.5 Å². The van der Waals surface area contributed by atoms with E-state index >= 15 is 0 Å². The second kappa shape index (κ2) is 6.53. The van der Waals surface area contributed by atoms with Crippen molar-refractivity contribution in [1.82, 2.24) is 19.3 Å². The van der Waals surface area contributed by atoms with Gasteiger partial charge in [-0.05, 0) is 36.4 Å². The van der Waals surface area contributed by atoms with Crippen molar-refractivity contribution < 1.29 is 0 Å². The third kappa shape index (κ3) is 2.38. The molecule has 0 fully saturated rings. The lowest BCUT2D eigenvalue weighted by molar-refractivity contribution is 0.972. The number of rotatable bonds is 2. The molecule has 0 N–H and O–H groups in total. The molecule has 0 aliphatic heterocycles. The highest BCUT2D eigenvalue weighted by Gasteiger charge is 2.17. The van der Waals surface area contributed by atoms with Gasteiger partial charge in [0.15, 0.2) is 5.82 Å². The molecule has 0 atom stereocenters. The van der Waals surface area contributed by atoms with E-state index in [-0.39, 0.29) is 0 Å². The Morgan fingerprint density at radius 2 is 1.34 bits per heavy atom. The molecule has 150 valence electrons. The minimum atomic E-state index is 0.858. The Kier molecular flexibility index (Phi) is 3.52. The zero-order valence-corrected chi connectivity index (χ0v) is 17.2. The zero-order valence-electron chi connectivity index (χ0n) is 17.2. The number of fused-ring (bicyclic) bond motifs is 5. The van der Waals surface area contributed by atoms with Gasteiger partial charge in [-0.25, -0.2) is 0 Å². The van der Waals surface area contributed by atoms with Gasteiger partial charge in [-0.2, -0.15) is 5.10 Å². The fraction of sp³-hybridized carbons (Fsp3) is 0.